The molecule has 0 aliphatic rings. The Labute approximate surface area is 122 Å². The summed E-state index contributed by atoms with van der Waals surface area (Å²) < 4.78 is 13.9. The number of halogens is 2. The van der Waals surface area contributed by atoms with Crippen LogP contribution in [0.25, 0.3) is 0 Å². The van der Waals surface area contributed by atoms with Crippen LogP contribution in [0.2, 0.25) is 0 Å². The molecule has 3 heteroatoms. The van der Waals surface area contributed by atoms with Gasteiger partial charge in [0.05, 0.1) is 0 Å². The third-order valence-corrected chi connectivity index (χ3v) is 3.95. The van der Waals surface area contributed by atoms with Crippen molar-refractivity contribution >= 4 is 15.9 Å². The van der Waals surface area contributed by atoms with Crippen molar-refractivity contribution in [1.29, 1.82) is 0 Å². The van der Waals surface area contributed by atoms with Gasteiger partial charge in [0.25, 0.3) is 0 Å². The van der Waals surface area contributed by atoms with Crippen LogP contribution >= 0.6 is 15.9 Å². The van der Waals surface area contributed by atoms with Crippen molar-refractivity contribution in [3.8, 4) is 0 Å². The molecule has 2 aromatic carbocycles. The van der Waals surface area contributed by atoms with E-state index in [-0.39, 0.29) is 5.82 Å². The molecule has 0 fully saturated rings. The second-order valence-electron chi connectivity index (χ2n) is 4.62. The molecule has 1 nitrogen and oxygen atoms in total. The zero-order valence-corrected chi connectivity index (χ0v) is 12.5. The van der Waals surface area contributed by atoms with Crippen molar-refractivity contribution in [3.05, 3.63) is 69.9 Å². The van der Waals surface area contributed by atoms with Crippen LogP contribution in [0, 0.1) is 5.82 Å². The Balaban J connectivity index is 2.06. The average molecular weight is 322 g/mol. The lowest BCUT2D eigenvalue weighted by Crippen LogP contribution is -2.30. The zero-order valence-electron chi connectivity index (χ0n) is 10.9. The van der Waals surface area contributed by atoms with Crippen LogP contribution in [0.5, 0.6) is 0 Å². The number of nitrogens with one attached hydrogen (secondary N) is 1. The summed E-state index contributed by atoms with van der Waals surface area (Å²) in [6.45, 7) is 0. The molecule has 1 unspecified atom stereocenters. The first-order chi connectivity index (χ1) is 9.19. The topological polar surface area (TPSA) is 12.0 Å². The van der Waals surface area contributed by atoms with Gasteiger partial charge in [-0.25, -0.2) is 4.39 Å². The van der Waals surface area contributed by atoms with Crippen molar-refractivity contribution in [1.82, 2.24) is 5.32 Å². The molecule has 0 aliphatic carbocycles. The molecule has 0 radical (unpaired) electrons. The summed E-state index contributed by atoms with van der Waals surface area (Å²) in [4.78, 5) is 0. The number of benzene rings is 2. The van der Waals surface area contributed by atoms with Gasteiger partial charge in [0, 0.05) is 10.5 Å². The second-order valence-corrected chi connectivity index (χ2v) is 5.47. The van der Waals surface area contributed by atoms with Crippen LogP contribution in [0.1, 0.15) is 11.1 Å². The van der Waals surface area contributed by atoms with Crippen LogP contribution < -0.4 is 5.32 Å². The Morgan fingerprint density at radius 3 is 2.47 bits per heavy atom. The molecule has 0 saturated heterocycles. The minimum Gasteiger partial charge on any atom is -0.316 e. The number of likely N-dealkylation sites (N-methyl/N-ethyl adjacent to an activating group) is 1. The van der Waals surface area contributed by atoms with Crippen LogP contribution in [-0.4, -0.2) is 13.1 Å². The van der Waals surface area contributed by atoms with Crippen molar-refractivity contribution < 1.29 is 4.39 Å². The lowest BCUT2D eigenvalue weighted by atomic mass is 9.99. The molecule has 100 valence electrons. The molecule has 0 bridgehead atoms. The largest absolute Gasteiger partial charge is 0.316 e. The fourth-order valence-electron chi connectivity index (χ4n) is 2.13. The Bertz CT molecular complexity index is 528. The van der Waals surface area contributed by atoms with Gasteiger partial charge in [-0.3, -0.25) is 0 Å². The van der Waals surface area contributed by atoms with E-state index < -0.39 is 0 Å². The minimum atomic E-state index is -0.209. The highest BCUT2D eigenvalue weighted by Crippen LogP contribution is 2.20. The molecule has 0 amide bonds. The van der Waals surface area contributed by atoms with Gasteiger partial charge in [0.15, 0.2) is 0 Å². The first-order valence-corrected chi connectivity index (χ1v) is 7.13. The molecule has 0 aliphatic heterocycles. The molecule has 1 atom stereocenters. The molecule has 0 saturated carbocycles. The predicted octanol–water partition coefficient (Wildman–Crippen LogP) is 3.96. The minimum absolute atomic E-state index is 0.209. The molecule has 0 spiro atoms. The molecule has 19 heavy (non-hydrogen) atoms. The maximum Gasteiger partial charge on any atom is 0.124 e. The van der Waals surface area contributed by atoms with Gasteiger partial charge in [0.2, 0.25) is 0 Å². The van der Waals surface area contributed by atoms with Crippen molar-refractivity contribution in [2.45, 2.75) is 18.9 Å². The number of rotatable bonds is 5. The Kier molecular flexibility index (Phi) is 5.11. The van der Waals surface area contributed by atoms with E-state index in [2.05, 4.69) is 45.5 Å². The molecule has 0 heterocycles. The van der Waals surface area contributed by atoms with Crippen LogP contribution in [0.15, 0.2) is 53.0 Å². The standard InChI is InChI=1S/C16H17BrFN/c1-19-15(9-12-5-3-2-4-6-12)10-13-7-8-14(18)11-16(13)17/h2-8,11,15,19H,9-10H2,1H3. The monoisotopic (exact) mass is 321 g/mol. The van der Waals surface area contributed by atoms with E-state index in [1.165, 1.54) is 17.7 Å². The van der Waals surface area contributed by atoms with Gasteiger partial charge in [0.1, 0.15) is 5.82 Å². The van der Waals surface area contributed by atoms with E-state index >= 15 is 0 Å². The fraction of sp³-hybridized carbons (Fsp3) is 0.250. The molecule has 2 aromatic rings. The first kappa shape index (κ1) is 14.2. The maximum absolute atomic E-state index is 13.1. The summed E-state index contributed by atoms with van der Waals surface area (Å²) in [6, 6.07) is 15.6. The average Bonchev–Trinajstić information content (AvgIpc) is 2.42. The van der Waals surface area contributed by atoms with E-state index in [0.717, 1.165) is 22.9 Å². The highest BCUT2D eigenvalue weighted by molar-refractivity contribution is 9.10. The summed E-state index contributed by atoms with van der Waals surface area (Å²) in [5, 5.41) is 3.33. The summed E-state index contributed by atoms with van der Waals surface area (Å²) >= 11 is 3.42. The number of hydrogen-bond acceptors (Lipinski definition) is 1. The molecule has 1 N–H and O–H groups in total. The van der Waals surface area contributed by atoms with E-state index in [9.17, 15) is 4.39 Å². The highest BCUT2D eigenvalue weighted by Gasteiger charge is 2.11. The first-order valence-electron chi connectivity index (χ1n) is 6.34. The van der Waals surface area contributed by atoms with Gasteiger partial charge in [-0.2, -0.15) is 0 Å². The summed E-state index contributed by atoms with van der Waals surface area (Å²) in [6.07, 6.45) is 1.83. The maximum atomic E-state index is 13.1. The fourth-order valence-corrected chi connectivity index (χ4v) is 2.64. The van der Waals surface area contributed by atoms with E-state index in [1.807, 2.05) is 19.2 Å². The van der Waals surface area contributed by atoms with E-state index in [0.29, 0.717) is 6.04 Å². The smallest absolute Gasteiger partial charge is 0.124 e. The second kappa shape index (κ2) is 6.83. The molecule has 2 rings (SSSR count). The van der Waals surface area contributed by atoms with E-state index in [4.69, 9.17) is 0 Å². The van der Waals surface area contributed by atoms with Crippen molar-refractivity contribution in [2.75, 3.05) is 7.05 Å². The van der Waals surface area contributed by atoms with Crippen molar-refractivity contribution in [3.63, 3.8) is 0 Å². The number of hydrogen-bond donors (Lipinski definition) is 1. The molecule has 0 aromatic heterocycles. The molecular weight excluding hydrogens is 305 g/mol. The van der Waals surface area contributed by atoms with Gasteiger partial charge >= 0.3 is 0 Å². The van der Waals surface area contributed by atoms with Crippen molar-refractivity contribution in [2.24, 2.45) is 0 Å². The zero-order chi connectivity index (χ0) is 13.7. The van der Waals surface area contributed by atoms with Crippen LogP contribution in [0.3, 0.4) is 0 Å². The Morgan fingerprint density at radius 1 is 1.11 bits per heavy atom. The summed E-state index contributed by atoms with van der Waals surface area (Å²) in [7, 11) is 1.96. The van der Waals surface area contributed by atoms with E-state index in [1.54, 1.807) is 0 Å². The summed E-state index contributed by atoms with van der Waals surface area (Å²) in [5.74, 6) is -0.209. The van der Waals surface area contributed by atoms with Gasteiger partial charge in [-0.15, -0.1) is 0 Å². The Hall–Kier alpha value is -1.19. The summed E-state index contributed by atoms with van der Waals surface area (Å²) in [5.41, 5.74) is 2.43. The van der Waals surface area contributed by atoms with Gasteiger partial charge in [-0.1, -0.05) is 52.3 Å². The molecular formula is C16H17BrFN. The quantitative estimate of drug-likeness (QED) is 0.878. The lowest BCUT2D eigenvalue weighted by molar-refractivity contribution is 0.554. The highest BCUT2D eigenvalue weighted by atomic mass is 79.9. The van der Waals surface area contributed by atoms with Gasteiger partial charge in [-0.05, 0) is 43.1 Å². The third kappa shape index (κ3) is 4.15. The Morgan fingerprint density at radius 2 is 1.84 bits per heavy atom. The normalized spacial score (nSPS) is 12.4. The predicted molar refractivity (Wildman–Crippen MR) is 80.8 cm³/mol. The van der Waals surface area contributed by atoms with Gasteiger partial charge < -0.3 is 5.32 Å². The van der Waals surface area contributed by atoms with Crippen LogP contribution in [0.4, 0.5) is 4.39 Å². The lowest BCUT2D eigenvalue weighted by Gasteiger charge is -2.17. The third-order valence-electron chi connectivity index (χ3n) is 3.21. The van der Waals surface area contributed by atoms with Crippen LogP contribution in [-0.2, 0) is 12.8 Å². The SMILES string of the molecule is CNC(Cc1ccccc1)Cc1ccc(F)cc1Br.